The number of halogens is 2. The molecular weight excluding hydrogens is 394 g/mol. The minimum absolute atomic E-state index is 0.0687. The molecule has 30 heavy (non-hydrogen) atoms. The van der Waals surface area contributed by atoms with E-state index in [9.17, 15) is 23.2 Å². The van der Waals surface area contributed by atoms with Gasteiger partial charge in [0.1, 0.15) is 5.54 Å². The van der Waals surface area contributed by atoms with Gasteiger partial charge in [-0.3, -0.25) is 14.9 Å². The molecule has 1 aliphatic carbocycles. The van der Waals surface area contributed by atoms with E-state index in [0.29, 0.717) is 25.3 Å². The highest BCUT2D eigenvalue weighted by Gasteiger charge is 2.56. The van der Waals surface area contributed by atoms with E-state index in [4.69, 9.17) is 0 Å². The molecule has 2 aliphatic heterocycles. The SMILES string of the molecule is C[C@@H](C[C@@]1(C2CC2)NC(=O)NC1=O)C(=O)N1CCN(c2ccc(F)c(F)c2)[C@@H](C)C1. The lowest BCUT2D eigenvalue weighted by molar-refractivity contribution is -0.137. The highest BCUT2D eigenvalue weighted by atomic mass is 19.2. The van der Waals surface area contributed by atoms with Crippen LogP contribution in [0.4, 0.5) is 19.3 Å². The number of amides is 4. The Kier molecular flexibility index (Phi) is 5.15. The number of anilines is 1. The summed E-state index contributed by atoms with van der Waals surface area (Å²) >= 11 is 0. The van der Waals surface area contributed by atoms with Gasteiger partial charge in [0.05, 0.1) is 0 Å². The molecule has 3 atom stereocenters. The molecule has 162 valence electrons. The normalized spacial score (nSPS) is 27.7. The van der Waals surface area contributed by atoms with Crippen molar-refractivity contribution in [3.8, 4) is 0 Å². The summed E-state index contributed by atoms with van der Waals surface area (Å²) in [5.74, 6) is -2.55. The van der Waals surface area contributed by atoms with Gasteiger partial charge in [0.2, 0.25) is 5.91 Å². The van der Waals surface area contributed by atoms with Gasteiger partial charge in [0, 0.05) is 43.3 Å². The predicted octanol–water partition coefficient (Wildman–Crippen LogP) is 2.02. The maximum absolute atomic E-state index is 13.6. The molecule has 2 N–H and O–H groups in total. The molecule has 1 saturated carbocycles. The van der Waals surface area contributed by atoms with Crippen LogP contribution in [0.1, 0.15) is 33.1 Å². The van der Waals surface area contributed by atoms with Crippen LogP contribution in [-0.2, 0) is 9.59 Å². The molecule has 0 bridgehead atoms. The Morgan fingerprint density at radius 2 is 1.97 bits per heavy atom. The Labute approximate surface area is 173 Å². The van der Waals surface area contributed by atoms with E-state index in [0.717, 1.165) is 18.9 Å². The summed E-state index contributed by atoms with van der Waals surface area (Å²) in [6, 6.07) is 3.24. The molecule has 0 radical (unpaired) electrons. The quantitative estimate of drug-likeness (QED) is 0.714. The fourth-order valence-corrected chi connectivity index (χ4v) is 4.77. The largest absolute Gasteiger partial charge is 0.365 e. The van der Waals surface area contributed by atoms with Crippen LogP contribution in [0.3, 0.4) is 0 Å². The molecule has 2 saturated heterocycles. The van der Waals surface area contributed by atoms with Crippen molar-refractivity contribution in [1.82, 2.24) is 15.5 Å². The van der Waals surface area contributed by atoms with Crippen molar-refractivity contribution in [2.45, 2.75) is 44.7 Å². The third kappa shape index (κ3) is 3.61. The Morgan fingerprint density at radius 1 is 1.23 bits per heavy atom. The fourth-order valence-electron chi connectivity index (χ4n) is 4.77. The van der Waals surface area contributed by atoms with Crippen LogP contribution in [-0.4, -0.2) is 54.0 Å². The molecule has 1 aromatic rings. The molecule has 3 aliphatic rings. The molecule has 9 heteroatoms. The Balaban J connectivity index is 1.41. The van der Waals surface area contributed by atoms with E-state index in [2.05, 4.69) is 10.6 Å². The molecule has 4 amide bonds. The highest BCUT2D eigenvalue weighted by molar-refractivity contribution is 6.07. The second kappa shape index (κ2) is 7.52. The Morgan fingerprint density at radius 3 is 2.53 bits per heavy atom. The lowest BCUT2D eigenvalue weighted by atomic mass is 9.83. The smallest absolute Gasteiger partial charge is 0.322 e. The molecule has 2 heterocycles. The molecule has 0 unspecified atom stereocenters. The van der Waals surface area contributed by atoms with E-state index in [1.165, 1.54) is 12.1 Å². The van der Waals surface area contributed by atoms with E-state index in [1.807, 2.05) is 11.8 Å². The van der Waals surface area contributed by atoms with Crippen molar-refractivity contribution in [2.75, 3.05) is 24.5 Å². The molecule has 3 fully saturated rings. The van der Waals surface area contributed by atoms with Crippen molar-refractivity contribution >= 4 is 23.5 Å². The van der Waals surface area contributed by atoms with E-state index < -0.39 is 29.1 Å². The van der Waals surface area contributed by atoms with Gasteiger partial charge in [-0.2, -0.15) is 0 Å². The van der Waals surface area contributed by atoms with Crippen LogP contribution >= 0.6 is 0 Å². The monoisotopic (exact) mass is 420 g/mol. The van der Waals surface area contributed by atoms with Crippen molar-refractivity contribution in [3.05, 3.63) is 29.8 Å². The van der Waals surface area contributed by atoms with Gasteiger partial charge in [0.25, 0.3) is 5.91 Å². The molecule has 7 nitrogen and oxygen atoms in total. The Hall–Kier alpha value is -2.71. The van der Waals surface area contributed by atoms with E-state index in [-0.39, 0.29) is 30.2 Å². The van der Waals surface area contributed by atoms with E-state index >= 15 is 0 Å². The number of piperazine rings is 1. The number of urea groups is 1. The third-order valence-electron chi connectivity index (χ3n) is 6.47. The summed E-state index contributed by atoms with van der Waals surface area (Å²) in [5.41, 5.74) is -0.412. The number of hydrogen-bond donors (Lipinski definition) is 2. The number of carbonyl (C=O) groups excluding carboxylic acids is 3. The molecule has 1 aromatic carbocycles. The first kappa shape index (κ1) is 20.6. The second-order valence-corrected chi connectivity index (χ2v) is 8.68. The average Bonchev–Trinajstić information content (AvgIpc) is 3.50. The number of imide groups is 1. The molecule has 0 spiro atoms. The first-order valence-corrected chi connectivity index (χ1v) is 10.4. The van der Waals surface area contributed by atoms with E-state index in [1.54, 1.807) is 11.8 Å². The van der Waals surface area contributed by atoms with Gasteiger partial charge in [-0.1, -0.05) is 6.92 Å². The summed E-state index contributed by atoms with van der Waals surface area (Å²) in [6.07, 6.45) is 1.99. The van der Waals surface area contributed by atoms with Gasteiger partial charge in [-0.05, 0) is 44.2 Å². The van der Waals surface area contributed by atoms with Crippen LogP contribution in [0.5, 0.6) is 0 Å². The first-order chi connectivity index (χ1) is 14.2. The zero-order valence-electron chi connectivity index (χ0n) is 17.1. The van der Waals surface area contributed by atoms with Gasteiger partial charge in [0.15, 0.2) is 11.6 Å². The van der Waals surface area contributed by atoms with Gasteiger partial charge in [-0.25, -0.2) is 13.6 Å². The Bertz CT molecular complexity index is 891. The zero-order valence-corrected chi connectivity index (χ0v) is 17.1. The summed E-state index contributed by atoms with van der Waals surface area (Å²) in [7, 11) is 0. The molecule has 0 aromatic heterocycles. The number of nitrogens with zero attached hydrogens (tertiary/aromatic N) is 2. The van der Waals surface area contributed by atoms with Gasteiger partial charge in [-0.15, -0.1) is 0 Å². The van der Waals surface area contributed by atoms with Crippen LogP contribution in [0.25, 0.3) is 0 Å². The number of rotatable bonds is 5. The zero-order chi connectivity index (χ0) is 21.6. The summed E-state index contributed by atoms with van der Waals surface area (Å²) in [6.45, 7) is 5.10. The predicted molar refractivity (Wildman–Crippen MR) is 106 cm³/mol. The van der Waals surface area contributed by atoms with Gasteiger partial charge >= 0.3 is 6.03 Å². The third-order valence-corrected chi connectivity index (χ3v) is 6.47. The molecular formula is C21H26F2N4O3. The standard InChI is InChI=1S/C21H26F2N4O3/c1-12(10-21(14-3-4-14)19(29)24-20(30)25-21)18(28)26-7-8-27(13(2)11-26)15-5-6-16(22)17(23)9-15/h5-6,9,12-14H,3-4,7-8,10-11H2,1-2H3,(H2,24,25,29,30)/t12-,13-,21-/m0/s1. The maximum atomic E-state index is 13.6. The first-order valence-electron chi connectivity index (χ1n) is 10.4. The van der Waals surface area contributed by atoms with Gasteiger partial charge < -0.3 is 15.1 Å². The summed E-state index contributed by atoms with van der Waals surface area (Å²) in [4.78, 5) is 41.0. The summed E-state index contributed by atoms with van der Waals surface area (Å²) < 4.78 is 26.8. The van der Waals surface area contributed by atoms with Crippen molar-refractivity contribution in [1.29, 1.82) is 0 Å². The van der Waals surface area contributed by atoms with Crippen LogP contribution in [0.2, 0.25) is 0 Å². The second-order valence-electron chi connectivity index (χ2n) is 8.68. The van der Waals surface area contributed by atoms with Crippen LogP contribution in [0, 0.1) is 23.5 Å². The van der Waals surface area contributed by atoms with Crippen molar-refractivity contribution < 1.29 is 23.2 Å². The number of benzene rings is 1. The minimum atomic E-state index is -0.995. The lowest BCUT2D eigenvalue weighted by Gasteiger charge is -2.42. The van der Waals surface area contributed by atoms with Crippen molar-refractivity contribution in [2.24, 2.45) is 11.8 Å². The minimum Gasteiger partial charge on any atom is -0.365 e. The average molecular weight is 420 g/mol. The highest BCUT2D eigenvalue weighted by Crippen LogP contribution is 2.44. The fraction of sp³-hybridized carbons (Fsp3) is 0.571. The maximum Gasteiger partial charge on any atom is 0.322 e. The topological polar surface area (TPSA) is 81.8 Å². The summed E-state index contributed by atoms with van der Waals surface area (Å²) in [5, 5.41) is 5.08. The number of nitrogens with one attached hydrogen (secondary N) is 2. The number of carbonyl (C=O) groups is 3. The number of hydrogen-bond acceptors (Lipinski definition) is 4. The molecule has 4 rings (SSSR count). The lowest BCUT2D eigenvalue weighted by Crippen LogP contribution is -2.56. The van der Waals surface area contributed by atoms with Crippen LogP contribution < -0.4 is 15.5 Å². The van der Waals surface area contributed by atoms with Crippen LogP contribution in [0.15, 0.2) is 18.2 Å². The van der Waals surface area contributed by atoms with Crippen molar-refractivity contribution in [3.63, 3.8) is 0 Å².